The van der Waals surface area contributed by atoms with Crippen LogP contribution in [0.3, 0.4) is 0 Å². The van der Waals surface area contributed by atoms with Crippen molar-refractivity contribution in [1.29, 1.82) is 0 Å². The third kappa shape index (κ3) is 4.30. The highest BCUT2D eigenvalue weighted by molar-refractivity contribution is 5.75. The summed E-state index contributed by atoms with van der Waals surface area (Å²) in [4.78, 5) is 26.6. The Morgan fingerprint density at radius 3 is 3.14 bits per heavy atom. The molecule has 0 saturated carbocycles. The van der Waals surface area contributed by atoms with Gasteiger partial charge in [0, 0.05) is 26.6 Å². The van der Waals surface area contributed by atoms with Crippen LogP contribution in [-0.4, -0.2) is 51.2 Å². The van der Waals surface area contributed by atoms with Crippen molar-refractivity contribution >= 4 is 17.1 Å². The van der Waals surface area contributed by atoms with Crippen molar-refractivity contribution in [2.45, 2.75) is 32.4 Å². The molecule has 1 aliphatic rings. The van der Waals surface area contributed by atoms with Gasteiger partial charge in [-0.2, -0.15) is 4.98 Å². The minimum atomic E-state index is -0.110. The van der Waals surface area contributed by atoms with E-state index in [1.807, 2.05) is 29.2 Å². The van der Waals surface area contributed by atoms with Gasteiger partial charge in [-0.3, -0.25) is 0 Å². The number of aromatic nitrogens is 4. The molecule has 1 unspecified atom stereocenters. The van der Waals surface area contributed by atoms with E-state index in [9.17, 15) is 4.79 Å². The van der Waals surface area contributed by atoms with Crippen molar-refractivity contribution in [1.82, 2.24) is 30.3 Å². The Hall–Kier alpha value is -2.94. The molecule has 0 aliphatic carbocycles. The minimum Gasteiger partial charge on any atom is -0.377 e. The van der Waals surface area contributed by atoms with Crippen LogP contribution in [0.4, 0.5) is 4.79 Å². The normalized spacial score (nSPS) is 17.2. The van der Waals surface area contributed by atoms with Gasteiger partial charge in [-0.05, 0) is 30.9 Å². The fourth-order valence-corrected chi connectivity index (χ4v) is 3.60. The van der Waals surface area contributed by atoms with Crippen molar-refractivity contribution in [3.05, 3.63) is 41.8 Å². The Balaban J connectivity index is 1.30. The molecule has 2 amide bonds. The van der Waals surface area contributed by atoms with E-state index in [4.69, 9.17) is 9.26 Å². The highest BCUT2D eigenvalue weighted by Crippen LogP contribution is 2.21. The highest BCUT2D eigenvalue weighted by atomic mass is 16.5. The largest absolute Gasteiger partial charge is 0.377 e. The van der Waals surface area contributed by atoms with E-state index in [-0.39, 0.29) is 19.2 Å². The lowest BCUT2D eigenvalue weighted by atomic mass is 9.95. The third-order valence-corrected chi connectivity index (χ3v) is 4.90. The summed E-state index contributed by atoms with van der Waals surface area (Å²) in [7, 11) is 1.57. The lowest BCUT2D eigenvalue weighted by molar-refractivity contribution is 0.163. The molecule has 4 rings (SSSR count). The fourth-order valence-electron chi connectivity index (χ4n) is 3.60. The molecule has 1 fully saturated rings. The summed E-state index contributed by atoms with van der Waals surface area (Å²) in [6.45, 7) is 1.95. The maximum atomic E-state index is 12.5. The van der Waals surface area contributed by atoms with Crippen LogP contribution in [0.5, 0.6) is 0 Å². The first kappa shape index (κ1) is 18.4. The van der Waals surface area contributed by atoms with Gasteiger partial charge in [-0.15, -0.1) is 0 Å². The van der Waals surface area contributed by atoms with Crippen molar-refractivity contribution in [3.8, 4) is 0 Å². The number of likely N-dealkylation sites (tertiary alicyclic amines) is 1. The number of benzene rings is 1. The molecule has 2 N–H and O–H groups in total. The number of amides is 2. The number of fused-ring (bicyclic) bond motifs is 1. The maximum absolute atomic E-state index is 12.5. The van der Waals surface area contributed by atoms with E-state index in [2.05, 4.69) is 25.4 Å². The van der Waals surface area contributed by atoms with Gasteiger partial charge in [0.05, 0.1) is 17.6 Å². The van der Waals surface area contributed by atoms with E-state index in [1.54, 1.807) is 7.11 Å². The molecule has 1 atom stereocenters. The van der Waals surface area contributed by atoms with Gasteiger partial charge in [0.1, 0.15) is 12.4 Å². The summed E-state index contributed by atoms with van der Waals surface area (Å²) in [5.74, 6) is 2.20. The number of rotatable bonds is 6. The first-order valence-electron chi connectivity index (χ1n) is 9.48. The summed E-state index contributed by atoms with van der Waals surface area (Å²) in [6, 6.07) is 7.91. The average molecular weight is 384 g/mol. The Morgan fingerprint density at radius 2 is 2.29 bits per heavy atom. The molecular weight excluding hydrogens is 360 g/mol. The monoisotopic (exact) mass is 384 g/mol. The topological polar surface area (TPSA) is 109 Å². The molecule has 1 aliphatic heterocycles. The van der Waals surface area contributed by atoms with Crippen LogP contribution >= 0.6 is 0 Å². The van der Waals surface area contributed by atoms with Gasteiger partial charge in [-0.1, -0.05) is 17.3 Å². The third-order valence-electron chi connectivity index (χ3n) is 4.90. The van der Waals surface area contributed by atoms with Crippen molar-refractivity contribution < 1.29 is 14.1 Å². The van der Waals surface area contributed by atoms with E-state index in [1.165, 1.54) is 0 Å². The van der Waals surface area contributed by atoms with Crippen molar-refractivity contribution in [3.63, 3.8) is 0 Å². The number of para-hydroxylation sites is 2. The van der Waals surface area contributed by atoms with Gasteiger partial charge in [-0.25, -0.2) is 9.78 Å². The first-order chi connectivity index (χ1) is 13.7. The Morgan fingerprint density at radius 1 is 1.39 bits per heavy atom. The number of hydrogen-bond donors (Lipinski definition) is 2. The number of aromatic amines is 1. The molecule has 1 aromatic carbocycles. The average Bonchev–Trinajstić information content (AvgIpc) is 3.32. The number of nitrogens with zero attached hydrogens (tertiary/aromatic N) is 4. The number of H-pyrrole nitrogens is 1. The van der Waals surface area contributed by atoms with Crippen LogP contribution in [0.1, 0.15) is 30.4 Å². The number of carbonyl (C=O) groups is 1. The van der Waals surface area contributed by atoms with Gasteiger partial charge < -0.3 is 24.5 Å². The predicted molar refractivity (Wildman–Crippen MR) is 101 cm³/mol. The smallest absolute Gasteiger partial charge is 0.317 e. The summed E-state index contributed by atoms with van der Waals surface area (Å²) in [6.07, 6.45) is 2.91. The van der Waals surface area contributed by atoms with Gasteiger partial charge in [0.15, 0.2) is 5.82 Å². The molecule has 9 heteroatoms. The number of urea groups is 1. The van der Waals surface area contributed by atoms with Crippen LogP contribution in [0.2, 0.25) is 0 Å². The second kappa shape index (κ2) is 8.39. The van der Waals surface area contributed by atoms with Gasteiger partial charge >= 0.3 is 6.03 Å². The first-order valence-corrected chi connectivity index (χ1v) is 9.48. The number of carbonyl (C=O) groups excluding carboxylic acids is 1. The second-order valence-corrected chi connectivity index (χ2v) is 7.06. The van der Waals surface area contributed by atoms with Crippen LogP contribution in [-0.2, 0) is 24.3 Å². The summed E-state index contributed by atoms with van der Waals surface area (Å²) < 4.78 is 10.1. The molecule has 1 saturated heterocycles. The second-order valence-electron chi connectivity index (χ2n) is 7.06. The molecular formula is C19H24N6O3. The number of nitrogens with one attached hydrogen (secondary N) is 2. The molecule has 0 radical (unpaired) electrons. The van der Waals surface area contributed by atoms with E-state index < -0.39 is 0 Å². The number of imidazole rings is 1. The Kier molecular flexibility index (Phi) is 5.52. The maximum Gasteiger partial charge on any atom is 0.317 e. The molecule has 3 aromatic rings. The van der Waals surface area contributed by atoms with E-state index >= 15 is 0 Å². The summed E-state index contributed by atoms with van der Waals surface area (Å²) in [5, 5.41) is 6.64. The van der Waals surface area contributed by atoms with Crippen molar-refractivity contribution in [2.75, 3.05) is 20.2 Å². The molecule has 28 heavy (non-hydrogen) atoms. The fraction of sp³-hybridized carbons (Fsp3) is 0.474. The van der Waals surface area contributed by atoms with Crippen LogP contribution in [0, 0.1) is 5.92 Å². The highest BCUT2D eigenvalue weighted by Gasteiger charge is 2.25. The molecule has 148 valence electrons. The molecule has 9 nitrogen and oxygen atoms in total. The Labute approximate surface area is 162 Å². The molecule has 0 spiro atoms. The summed E-state index contributed by atoms with van der Waals surface area (Å²) in [5.41, 5.74) is 2.03. The molecule has 0 bridgehead atoms. The van der Waals surface area contributed by atoms with Crippen LogP contribution < -0.4 is 5.32 Å². The SMILES string of the molecule is COCc1noc(CNC(=O)N2CCCC(Cc3nc4ccccc4[nH]3)C2)n1. The number of ether oxygens (including phenoxy) is 1. The number of piperidine rings is 1. The Bertz CT molecular complexity index is 904. The standard InChI is InChI=1S/C19H24N6O3/c1-27-12-17-23-18(28-24-17)10-20-19(26)25-8-4-5-13(11-25)9-16-21-14-6-2-3-7-15(14)22-16/h2-3,6-7,13H,4-5,8-12H2,1H3,(H,20,26)(H,21,22). The lowest BCUT2D eigenvalue weighted by Gasteiger charge is -2.32. The van der Waals surface area contributed by atoms with Crippen molar-refractivity contribution in [2.24, 2.45) is 5.92 Å². The minimum absolute atomic E-state index is 0.110. The van der Waals surface area contributed by atoms with Crippen LogP contribution in [0.25, 0.3) is 11.0 Å². The summed E-state index contributed by atoms with van der Waals surface area (Å²) >= 11 is 0. The lowest BCUT2D eigenvalue weighted by Crippen LogP contribution is -2.45. The zero-order chi connectivity index (χ0) is 19.3. The quantitative estimate of drug-likeness (QED) is 0.675. The molecule has 2 aromatic heterocycles. The zero-order valence-electron chi connectivity index (χ0n) is 15.9. The predicted octanol–water partition coefficient (Wildman–Crippen LogP) is 2.26. The number of methoxy groups -OCH3 is 1. The van der Waals surface area contributed by atoms with Gasteiger partial charge in [0.25, 0.3) is 0 Å². The van der Waals surface area contributed by atoms with E-state index in [0.29, 0.717) is 24.2 Å². The van der Waals surface area contributed by atoms with E-state index in [0.717, 1.165) is 42.7 Å². The zero-order valence-corrected chi connectivity index (χ0v) is 15.9. The van der Waals surface area contributed by atoms with Gasteiger partial charge in [0.2, 0.25) is 5.89 Å². The van der Waals surface area contributed by atoms with Crippen LogP contribution in [0.15, 0.2) is 28.8 Å². The number of hydrogen-bond acceptors (Lipinski definition) is 6. The molecule has 3 heterocycles.